The number of nitrogens with zero attached hydrogens (tertiary/aromatic N) is 1. The summed E-state index contributed by atoms with van der Waals surface area (Å²) >= 11 is 5.53. The van der Waals surface area contributed by atoms with E-state index in [1.165, 1.54) is 37.4 Å². The molecule has 3 amide bonds. The van der Waals surface area contributed by atoms with E-state index in [0.29, 0.717) is 6.07 Å². The monoisotopic (exact) mass is 443 g/mol. The van der Waals surface area contributed by atoms with E-state index in [-0.39, 0.29) is 17.0 Å². The maximum atomic E-state index is 12.9. The largest absolute Gasteiger partial charge is 0.484 e. The number of benzene rings is 2. The number of nitrogens with two attached hydrogens (primary N) is 1. The summed E-state index contributed by atoms with van der Waals surface area (Å²) in [5, 5.41) is 1.78. The molecule has 0 aromatic heterocycles. The highest BCUT2D eigenvalue weighted by molar-refractivity contribution is 6.31. The van der Waals surface area contributed by atoms with Gasteiger partial charge in [-0.25, -0.2) is 0 Å². The minimum atomic E-state index is -4.67. The van der Waals surface area contributed by atoms with Crippen LogP contribution in [0.15, 0.2) is 42.5 Å². The van der Waals surface area contributed by atoms with Crippen molar-refractivity contribution >= 4 is 35.0 Å². The van der Waals surface area contributed by atoms with Crippen LogP contribution in [0.2, 0.25) is 5.02 Å². The zero-order valence-corrected chi connectivity index (χ0v) is 16.4. The summed E-state index contributed by atoms with van der Waals surface area (Å²) in [5.41, 5.74) is 4.17. The molecule has 0 fully saturated rings. The number of carbonyl (C=O) groups is 3. The Morgan fingerprint density at radius 3 is 2.50 bits per heavy atom. The van der Waals surface area contributed by atoms with Crippen LogP contribution in [-0.4, -0.2) is 42.8 Å². The van der Waals surface area contributed by atoms with Crippen molar-refractivity contribution in [3.63, 3.8) is 0 Å². The van der Waals surface area contributed by atoms with Crippen LogP contribution in [0.4, 0.5) is 18.9 Å². The van der Waals surface area contributed by atoms with E-state index in [4.69, 9.17) is 22.1 Å². The van der Waals surface area contributed by atoms with E-state index >= 15 is 0 Å². The fourth-order valence-electron chi connectivity index (χ4n) is 2.32. The van der Waals surface area contributed by atoms with Gasteiger partial charge in [0.05, 0.1) is 17.1 Å². The maximum absolute atomic E-state index is 12.9. The lowest BCUT2D eigenvalue weighted by atomic mass is 10.2. The predicted octanol–water partition coefficient (Wildman–Crippen LogP) is 2.93. The van der Waals surface area contributed by atoms with Crippen molar-refractivity contribution in [1.82, 2.24) is 4.90 Å². The average molecular weight is 444 g/mol. The zero-order chi connectivity index (χ0) is 22.5. The van der Waals surface area contributed by atoms with Crippen LogP contribution >= 0.6 is 11.6 Å². The lowest BCUT2D eigenvalue weighted by Crippen LogP contribution is -2.37. The summed E-state index contributed by atoms with van der Waals surface area (Å²) < 4.78 is 43.9. The molecular formula is C19H17ClF3N3O4. The Morgan fingerprint density at radius 1 is 1.17 bits per heavy atom. The minimum Gasteiger partial charge on any atom is -0.484 e. The van der Waals surface area contributed by atoms with Gasteiger partial charge in [-0.3, -0.25) is 14.4 Å². The van der Waals surface area contributed by atoms with Crippen molar-refractivity contribution < 1.29 is 32.3 Å². The van der Waals surface area contributed by atoms with Crippen LogP contribution in [0.5, 0.6) is 5.75 Å². The average Bonchev–Trinajstić information content (AvgIpc) is 2.66. The van der Waals surface area contributed by atoms with E-state index in [9.17, 15) is 27.6 Å². The number of nitrogens with one attached hydrogen (secondary N) is 1. The first kappa shape index (κ1) is 23.0. The molecule has 7 nitrogen and oxygen atoms in total. The van der Waals surface area contributed by atoms with E-state index in [0.717, 1.165) is 11.0 Å². The number of anilines is 1. The van der Waals surface area contributed by atoms with Crippen LogP contribution in [0, 0.1) is 0 Å². The molecule has 2 aromatic rings. The first-order chi connectivity index (χ1) is 14.0. The van der Waals surface area contributed by atoms with Crippen LogP contribution < -0.4 is 15.8 Å². The number of hydrogen-bond acceptors (Lipinski definition) is 4. The van der Waals surface area contributed by atoms with Gasteiger partial charge in [-0.2, -0.15) is 13.2 Å². The van der Waals surface area contributed by atoms with Crippen LogP contribution in [-0.2, 0) is 15.8 Å². The summed E-state index contributed by atoms with van der Waals surface area (Å²) in [7, 11) is 1.33. The Hall–Kier alpha value is -3.27. The number of rotatable bonds is 7. The molecule has 3 N–H and O–H groups in total. The van der Waals surface area contributed by atoms with E-state index < -0.39 is 47.6 Å². The first-order valence-electron chi connectivity index (χ1n) is 8.40. The summed E-state index contributed by atoms with van der Waals surface area (Å²) in [6.07, 6.45) is -4.67. The third kappa shape index (κ3) is 6.38. The van der Waals surface area contributed by atoms with E-state index in [1.54, 1.807) is 0 Å². The molecule has 0 saturated heterocycles. The molecule has 0 aliphatic rings. The second kappa shape index (κ2) is 9.49. The molecule has 2 aromatic carbocycles. The van der Waals surface area contributed by atoms with E-state index in [1.807, 2.05) is 0 Å². The lowest BCUT2D eigenvalue weighted by Gasteiger charge is -2.18. The van der Waals surface area contributed by atoms with Crippen molar-refractivity contribution in [3.8, 4) is 5.75 Å². The van der Waals surface area contributed by atoms with Gasteiger partial charge in [0, 0.05) is 18.3 Å². The second-order valence-electron chi connectivity index (χ2n) is 6.17. The van der Waals surface area contributed by atoms with Gasteiger partial charge in [-0.05, 0) is 36.4 Å². The fourth-order valence-corrected chi connectivity index (χ4v) is 2.54. The van der Waals surface area contributed by atoms with Crippen LogP contribution in [0.3, 0.4) is 0 Å². The van der Waals surface area contributed by atoms with Gasteiger partial charge in [-0.15, -0.1) is 0 Å². The Kier molecular flexibility index (Phi) is 7.28. The number of primary amides is 1. The predicted molar refractivity (Wildman–Crippen MR) is 103 cm³/mol. The molecule has 0 unspecified atom stereocenters. The topological polar surface area (TPSA) is 102 Å². The highest BCUT2D eigenvalue weighted by Crippen LogP contribution is 2.36. The molecule has 0 heterocycles. The maximum Gasteiger partial charge on any atom is 0.417 e. The van der Waals surface area contributed by atoms with Crippen molar-refractivity contribution in [2.24, 2.45) is 5.73 Å². The number of halogens is 4. The highest BCUT2D eigenvalue weighted by atomic mass is 35.5. The molecule has 0 atom stereocenters. The number of amides is 3. The van der Waals surface area contributed by atoms with E-state index in [2.05, 4.69) is 5.32 Å². The number of hydrogen-bond donors (Lipinski definition) is 2. The molecule has 0 bridgehead atoms. The van der Waals surface area contributed by atoms with Crippen molar-refractivity contribution in [3.05, 3.63) is 58.6 Å². The van der Waals surface area contributed by atoms with Gasteiger partial charge in [0.15, 0.2) is 6.61 Å². The second-order valence-corrected chi connectivity index (χ2v) is 6.58. The minimum absolute atomic E-state index is 0.114. The van der Waals surface area contributed by atoms with Gasteiger partial charge in [0.2, 0.25) is 11.8 Å². The van der Waals surface area contributed by atoms with Crippen molar-refractivity contribution in [2.75, 3.05) is 25.5 Å². The Morgan fingerprint density at radius 2 is 1.87 bits per heavy atom. The number of carbonyl (C=O) groups excluding carboxylic acids is 3. The smallest absolute Gasteiger partial charge is 0.417 e. The highest BCUT2D eigenvalue weighted by Gasteiger charge is 2.33. The quantitative estimate of drug-likeness (QED) is 0.687. The molecule has 0 saturated carbocycles. The number of ether oxygens (including phenoxy) is 1. The summed E-state index contributed by atoms with van der Waals surface area (Å²) in [4.78, 5) is 36.4. The molecule has 30 heavy (non-hydrogen) atoms. The molecule has 0 radical (unpaired) electrons. The van der Waals surface area contributed by atoms with Gasteiger partial charge >= 0.3 is 6.18 Å². The van der Waals surface area contributed by atoms with Gasteiger partial charge < -0.3 is 20.7 Å². The SMILES string of the molecule is CN(CC(=O)Nc1ccc(Cl)c(C(F)(F)F)c1)C(=O)COc1cccc(C(N)=O)c1. The van der Waals surface area contributed by atoms with Gasteiger partial charge in [0.25, 0.3) is 5.91 Å². The summed E-state index contributed by atoms with van der Waals surface area (Å²) in [5.74, 6) is -1.70. The normalized spacial score (nSPS) is 11.0. The third-order valence-corrected chi connectivity index (χ3v) is 4.17. The zero-order valence-electron chi connectivity index (χ0n) is 15.6. The standard InChI is InChI=1S/C19H17ClF3N3O4/c1-26(17(28)10-30-13-4-2-3-11(7-13)18(24)29)9-16(27)25-12-5-6-15(20)14(8-12)19(21,22)23/h2-8H,9-10H2,1H3,(H2,24,29)(H,25,27). The Bertz CT molecular complexity index is 966. The van der Waals surface area contributed by atoms with Crippen LogP contribution in [0.1, 0.15) is 15.9 Å². The van der Waals surface area contributed by atoms with Gasteiger partial charge in [0.1, 0.15) is 5.75 Å². The lowest BCUT2D eigenvalue weighted by molar-refractivity contribution is -0.137. The Labute approximate surface area is 174 Å². The Balaban J connectivity index is 1.92. The first-order valence-corrected chi connectivity index (χ1v) is 8.78. The molecule has 0 aliphatic heterocycles. The third-order valence-electron chi connectivity index (χ3n) is 3.84. The van der Waals surface area contributed by atoms with Crippen LogP contribution in [0.25, 0.3) is 0 Å². The molecule has 0 spiro atoms. The van der Waals surface area contributed by atoms with Crippen molar-refractivity contribution in [2.45, 2.75) is 6.18 Å². The van der Waals surface area contributed by atoms with Crippen molar-refractivity contribution in [1.29, 1.82) is 0 Å². The molecule has 11 heteroatoms. The summed E-state index contributed by atoms with van der Waals surface area (Å²) in [6, 6.07) is 8.82. The van der Waals surface area contributed by atoms with Gasteiger partial charge in [-0.1, -0.05) is 17.7 Å². The number of likely N-dealkylation sites (N-methyl/N-ethyl adjacent to an activating group) is 1. The number of alkyl halides is 3. The molecular weight excluding hydrogens is 427 g/mol. The fraction of sp³-hybridized carbons (Fsp3) is 0.211. The molecule has 2 rings (SSSR count). The molecule has 0 aliphatic carbocycles. The molecule has 160 valence electrons. The summed E-state index contributed by atoms with van der Waals surface area (Å²) in [6.45, 7) is -0.849.